The zero-order valence-electron chi connectivity index (χ0n) is 14.5. The average Bonchev–Trinajstić information content (AvgIpc) is 3.05. The van der Waals surface area contributed by atoms with Crippen molar-refractivity contribution in [2.24, 2.45) is 0 Å². The third-order valence-corrected chi connectivity index (χ3v) is 6.73. The normalized spacial score (nSPS) is 13.8. The summed E-state index contributed by atoms with van der Waals surface area (Å²) < 4.78 is 1.28. The van der Waals surface area contributed by atoms with Crippen LogP contribution in [0.1, 0.15) is 33.6 Å². The topological polar surface area (TPSA) is 54.9 Å². The second kappa shape index (κ2) is 6.25. The molecule has 2 aromatic heterocycles. The number of benzene rings is 2. The highest BCUT2D eigenvalue weighted by Gasteiger charge is 2.23. The number of rotatable bonds is 1. The molecule has 0 atom stereocenters. The largest absolute Gasteiger partial charge is 0.323 e. The molecule has 0 saturated heterocycles. The van der Waals surface area contributed by atoms with Crippen LogP contribution >= 0.6 is 23.6 Å². The van der Waals surface area contributed by atoms with Crippen LogP contribution in [-0.4, -0.2) is 15.5 Å². The van der Waals surface area contributed by atoms with E-state index in [4.69, 9.17) is 12.2 Å². The molecule has 2 heterocycles. The van der Waals surface area contributed by atoms with Gasteiger partial charge >= 0.3 is 0 Å². The lowest BCUT2D eigenvalue weighted by Crippen LogP contribution is -2.29. The van der Waals surface area contributed by atoms with Crippen molar-refractivity contribution in [3.05, 3.63) is 73.6 Å². The number of carbonyl (C=O) groups excluding carboxylic acids is 1. The van der Waals surface area contributed by atoms with Crippen molar-refractivity contribution >= 4 is 50.5 Å². The number of H-pyrrole nitrogens is 1. The van der Waals surface area contributed by atoms with E-state index in [0.29, 0.717) is 10.9 Å². The minimum absolute atomic E-state index is 0.157. The highest BCUT2D eigenvalue weighted by atomic mass is 32.1. The van der Waals surface area contributed by atoms with E-state index in [1.54, 1.807) is 17.4 Å². The molecule has 0 spiro atoms. The number of aryl methyl sites for hydroxylation is 2. The molecule has 1 aliphatic carbocycles. The van der Waals surface area contributed by atoms with Gasteiger partial charge < -0.3 is 4.98 Å². The summed E-state index contributed by atoms with van der Waals surface area (Å²) in [6, 6.07) is 13.2. The van der Waals surface area contributed by atoms with Crippen LogP contribution in [0.4, 0.5) is 0 Å². The molecule has 0 fully saturated rings. The minimum Gasteiger partial charge on any atom is -0.323 e. The van der Waals surface area contributed by atoms with Gasteiger partial charge in [-0.1, -0.05) is 36.4 Å². The molecule has 0 aliphatic heterocycles. The molecule has 6 heteroatoms. The number of aromatic nitrogens is 2. The summed E-state index contributed by atoms with van der Waals surface area (Å²) in [6.45, 7) is 0. The van der Waals surface area contributed by atoms with E-state index >= 15 is 0 Å². The third-order valence-electron chi connectivity index (χ3n) is 5.23. The number of nitrogens with one attached hydrogen (secondary N) is 1. The predicted molar refractivity (Wildman–Crippen MR) is 112 cm³/mol. The van der Waals surface area contributed by atoms with E-state index < -0.39 is 0 Å². The molecular formula is C21H16N2O2S2. The molecule has 4 nitrogen and oxygen atoms in total. The average molecular weight is 393 g/mol. The molecule has 2 aromatic carbocycles. The van der Waals surface area contributed by atoms with Gasteiger partial charge in [0.15, 0.2) is 4.77 Å². The van der Waals surface area contributed by atoms with Crippen LogP contribution in [0.15, 0.2) is 47.3 Å². The fourth-order valence-electron chi connectivity index (χ4n) is 3.95. The van der Waals surface area contributed by atoms with Gasteiger partial charge in [-0.05, 0) is 60.3 Å². The number of carbonyl (C=O) groups is 1. The van der Waals surface area contributed by atoms with Gasteiger partial charge in [-0.3, -0.25) is 9.59 Å². The van der Waals surface area contributed by atoms with E-state index in [9.17, 15) is 9.59 Å². The maximum absolute atomic E-state index is 13.3. The Kier molecular flexibility index (Phi) is 3.84. The van der Waals surface area contributed by atoms with Crippen LogP contribution < -0.4 is 5.56 Å². The van der Waals surface area contributed by atoms with Crippen molar-refractivity contribution < 1.29 is 4.79 Å². The fraction of sp³-hybridized carbons (Fsp3) is 0.190. The SMILES string of the molecule is O=C(c1cccc2ccccc12)n1c(=S)[nH]c2sc3c(c2c1=O)CCCC3. The Labute approximate surface area is 164 Å². The zero-order chi connectivity index (χ0) is 18.5. The standard InChI is InChI=1S/C21H16N2O2S2/c24-19(14-10-5-7-12-6-1-2-8-13(12)14)23-20(25)17-15-9-3-4-11-16(15)27-18(17)22-21(23)26/h1-2,5-8,10H,3-4,9,11H2,(H,22,26). The van der Waals surface area contributed by atoms with Gasteiger partial charge in [0.05, 0.1) is 5.39 Å². The van der Waals surface area contributed by atoms with Crippen molar-refractivity contribution in [2.75, 3.05) is 0 Å². The Morgan fingerprint density at radius 1 is 1.07 bits per heavy atom. The first-order chi connectivity index (χ1) is 13.1. The number of aromatic amines is 1. The molecule has 134 valence electrons. The molecule has 0 unspecified atom stereocenters. The number of thiophene rings is 1. The number of fused-ring (bicyclic) bond motifs is 4. The van der Waals surface area contributed by atoms with Crippen molar-refractivity contribution in [2.45, 2.75) is 25.7 Å². The number of hydrogen-bond donors (Lipinski definition) is 1. The van der Waals surface area contributed by atoms with Gasteiger partial charge in [0.25, 0.3) is 11.5 Å². The van der Waals surface area contributed by atoms with Crippen LogP contribution in [0.5, 0.6) is 0 Å². The molecule has 5 rings (SSSR count). The maximum Gasteiger partial charge on any atom is 0.270 e. The van der Waals surface area contributed by atoms with E-state index in [1.807, 2.05) is 36.4 Å². The molecular weight excluding hydrogens is 376 g/mol. The third kappa shape index (κ3) is 2.51. The smallest absolute Gasteiger partial charge is 0.270 e. The summed E-state index contributed by atoms with van der Waals surface area (Å²) in [5.74, 6) is -0.379. The Morgan fingerprint density at radius 3 is 2.74 bits per heavy atom. The van der Waals surface area contributed by atoms with Crippen LogP contribution in [0.2, 0.25) is 0 Å². The van der Waals surface area contributed by atoms with Gasteiger partial charge in [-0.2, -0.15) is 0 Å². The van der Waals surface area contributed by atoms with E-state index in [2.05, 4.69) is 4.98 Å². The fourth-order valence-corrected chi connectivity index (χ4v) is 5.57. The van der Waals surface area contributed by atoms with Gasteiger partial charge in [-0.25, -0.2) is 4.57 Å². The molecule has 27 heavy (non-hydrogen) atoms. The first-order valence-corrected chi connectivity index (χ1v) is 10.2. The van der Waals surface area contributed by atoms with Gasteiger partial charge in [0.2, 0.25) is 0 Å². The predicted octanol–water partition coefficient (Wildman–Crippen LogP) is 4.84. The lowest BCUT2D eigenvalue weighted by Gasteiger charge is -2.11. The van der Waals surface area contributed by atoms with Gasteiger partial charge in [-0.15, -0.1) is 11.3 Å². The van der Waals surface area contributed by atoms with Crippen molar-refractivity contribution in [3.8, 4) is 0 Å². The molecule has 4 aromatic rings. The van der Waals surface area contributed by atoms with Crippen molar-refractivity contribution in [1.29, 1.82) is 0 Å². The summed E-state index contributed by atoms with van der Waals surface area (Å²) in [5.41, 5.74) is 1.28. The second-order valence-electron chi connectivity index (χ2n) is 6.82. The minimum atomic E-state index is -0.379. The lowest BCUT2D eigenvalue weighted by molar-refractivity contribution is 0.0955. The molecule has 0 bridgehead atoms. The lowest BCUT2D eigenvalue weighted by atomic mass is 9.97. The Morgan fingerprint density at radius 2 is 1.85 bits per heavy atom. The Bertz CT molecular complexity index is 1340. The van der Waals surface area contributed by atoms with Crippen LogP contribution in [-0.2, 0) is 12.8 Å². The first-order valence-electron chi connectivity index (χ1n) is 8.97. The van der Waals surface area contributed by atoms with E-state index in [-0.39, 0.29) is 16.2 Å². The molecule has 0 amide bonds. The highest BCUT2D eigenvalue weighted by molar-refractivity contribution is 7.71. The monoisotopic (exact) mass is 392 g/mol. The summed E-state index contributed by atoms with van der Waals surface area (Å²) in [5, 5.41) is 2.41. The number of hydrogen-bond acceptors (Lipinski definition) is 4. The molecule has 0 radical (unpaired) electrons. The Hall–Kier alpha value is -2.57. The molecule has 0 saturated carbocycles. The summed E-state index contributed by atoms with van der Waals surface area (Å²) in [6.07, 6.45) is 4.10. The van der Waals surface area contributed by atoms with E-state index in [0.717, 1.165) is 51.4 Å². The maximum atomic E-state index is 13.3. The van der Waals surface area contributed by atoms with Crippen molar-refractivity contribution in [3.63, 3.8) is 0 Å². The second-order valence-corrected chi connectivity index (χ2v) is 8.31. The van der Waals surface area contributed by atoms with Crippen LogP contribution in [0.25, 0.3) is 21.0 Å². The van der Waals surface area contributed by atoms with Crippen LogP contribution in [0, 0.1) is 4.77 Å². The zero-order valence-corrected chi connectivity index (χ0v) is 16.1. The quantitative estimate of drug-likeness (QED) is 0.472. The van der Waals surface area contributed by atoms with E-state index in [1.165, 1.54) is 4.88 Å². The van der Waals surface area contributed by atoms with Crippen LogP contribution in [0.3, 0.4) is 0 Å². The van der Waals surface area contributed by atoms with Crippen molar-refractivity contribution in [1.82, 2.24) is 9.55 Å². The first kappa shape index (κ1) is 16.6. The molecule has 1 N–H and O–H groups in total. The molecule has 1 aliphatic rings. The Balaban J connectivity index is 1.79. The highest BCUT2D eigenvalue weighted by Crippen LogP contribution is 2.33. The van der Waals surface area contributed by atoms with Gasteiger partial charge in [0.1, 0.15) is 4.83 Å². The summed E-state index contributed by atoms with van der Waals surface area (Å²) >= 11 is 7.00. The summed E-state index contributed by atoms with van der Waals surface area (Å²) in [7, 11) is 0. The van der Waals surface area contributed by atoms with Gasteiger partial charge in [0, 0.05) is 10.4 Å². The number of nitrogens with zero attached hydrogens (tertiary/aromatic N) is 1. The summed E-state index contributed by atoms with van der Waals surface area (Å²) in [4.78, 5) is 31.8.